The van der Waals surface area contributed by atoms with E-state index in [0.717, 1.165) is 12.5 Å². The van der Waals surface area contributed by atoms with Gasteiger partial charge in [-0.1, -0.05) is 33.1 Å². The van der Waals surface area contributed by atoms with Crippen LogP contribution in [0.2, 0.25) is 0 Å². The maximum absolute atomic E-state index is 5.70. The number of ether oxygens (including phenoxy) is 1. The molecule has 1 aliphatic heterocycles. The lowest BCUT2D eigenvalue weighted by atomic mass is 9.92. The van der Waals surface area contributed by atoms with E-state index >= 15 is 0 Å². The molecule has 2 unspecified atom stereocenters. The van der Waals surface area contributed by atoms with Crippen molar-refractivity contribution in [2.75, 3.05) is 6.61 Å². The van der Waals surface area contributed by atoms with E-state index in [9.17, 15) is 0 Å². The van der Waals surface area contributed by atoms with Crippen LogP contribution >= 0.6 is 0 Å². The highest BCUT2D eigenvalue weighted by Crippen LogP contribution is 2.26. The minimum Gasteiger partial charge on any atom is -0.378 e. The first kappa shape index (κ1) is 10.0. The van der Waals surface area contributed by atoms with Gasteiger partial charge in [0.1, 0.15) is 0 Å². The Kier molecular flexibility index (Phi) is 4.67. The molecule has 1 rings (SSSR count). The van der Waals surface area contributed by atoms with Crippen LogP contribution in [0.1, 0.15) is 52.4 Å². The van der Waals surface area contributed by atoms with Gasteiger partial charge in [-0.3, -0.25) is 0 Å². The fourth-order valence-electron chi connectivity index (χ4n) is 2.09. The van der Waals surface area contributed by atoms with Crippen LogP contribution in [-0.2, 0) is 4.74 Å². The highest BCUT2D eigenvalue weighted by Gasteiger charge is 2.23. The van der Waals surface area contributed by atoms with Crippen molar-refractivity contribution in [2.45, 2.75) is 58.5 Å². The summed E-state index contributed by atoms with van der Waals surface area (Å²) in [5.41, 5.74) is 0. The van der Waals surface area contributed by atoms with Crippen LogP contribution in [-0.4, -0.2) is 12.7 Å². The van der Waals surface area contributed by atoms with E-state index in [-0.39, 0.29) is 0 Å². The average molecular weight is 170 g/mol. The standard InChI is InChI=1S/C11H22O/c1-3-5-7-10(4-2)11-8-6-9-12-11/h10-11H,3-9H2,1-2H3. The normalized spacial score (nSPS) is 26.0. The first-order chi connectivity index (χ1) is 5.88. The molecule has 1 aliphatic rings. The molecule has 0 saturated carbocycles. The van der Waals surface area contributed by atoms with Gasteiger partial charge in [-0.2, -0.15) is 0 Å². The van der Waals surface area contributed by atoms with Crippen molar-refractivity contribution in [2.24, 2.45) is 5.92 Å². The van der Waals surface area contributed by atoms with Crippen LogP contribution < -0.4 is 0 Å². The third-order valence-electron chi connectivity index (χ3n) is 2.94. The Labute approximate surface area is 76.5 Å². The second-order valence-corrected chi connectivity index (χ2v) is 3.86. The summed E-state index contributed by atoms with van der Waals surface area (Å²) in [6.07, 6.45) is 8.56. The zero-order valence-electron chi connectivity index (χ0n) is 8.51. The van der Waals surface area contributed by atoms with Gasteiger partial charge in [0, 0.05) is 6.61 Å². The molecule has 1 heterocycles. The molecule has 0 N–H and O–H groups in total. The Morgan fingerprint density at radius 3 is 2.75 bits per heavy atom. The van der Waals surface area contributed by atoms with Crippen LogP contribution in [0.3, 0.4) is 0 Å². The van der Waals surface area contributed by atoms with Gasteiger partial charge < -0.3 is 4.74 Å². The van der Waals surface area contributed by atoms with E-state index in [0.29, 0.717) is 6.10 Å². The number of rotatable bonds is 5. The minimum atomic E-state index is 0.599. The molecule has 1 heteroatoms. The van der Waals surface area contributed by atoms with Crippen LogP contribution in [0.15, 0.2) is 0 Å². The summed E-state index contributed by atoms with van der Waals surface area (Å²) in [5.74, 6) is 0.840. The number of hydrogen-bond donors (Lipinski definition) is 0. The van der Waals surface area contributed by atoms with Gasteiger partial charge in [0.25, 0.3) is 0 Å². The van der Waals surface area contributed by atoms with Gasteiger partial charge in [0.05, 0.1) is 6.10 Å². The molecular weight excluding hydrogens is 148 g/mol. The van der Waals surface area contributed by atoms with E-state index in [4.69, 9.17) is 4.74 Å². The number of hydrogen-bond acceptors (Lipinski definition) is 1. The van der Waals surface area contributed by atoms with Crippen molar-refractivity contribution in [3.8, 4) is 0 Å². The third kappa shape index (κ3) is 2.78. The summed E-state index contributed by atoms with van der Waals surface area (Å²) in [7, 11) is 0. The van der Waals surface area contributed by atoms with Gasteiger partial charge in [-0.25, -0.2) is 0 Å². The van der Waals surface area contributed by atoms with E-state index < -0.39 is 0 Å². The molecule has 0 aliphatic carbocycles. The molecule has 72 valence electrons. The van der Waals surface area contributed by atoms with E-state index in [1.54, 1.807) is 0 Å². The van der Waals surface area contributed by atoms with Crippen LogP contribution in [0, 0.1) is 5.92 Å². The second kappa shape index (κ2) is 5.58. The lowest BCUT2D eigenvalue weighted by Crippen LogP contribution is -2.18. The smallest absolute Gasteiger partial charge is 0.0604 e. The minimum absolute atomic E-state index is 0.599. The average Bonchev–Trinajstić information content (AvgIpc) is 2.59. The fraction of sp³-hybridized carbons (Fsp3) is 1.00. The van der Waals surface area contributed by atoms with Crippen molar-refractivity contribution in [1.29, 1.82) is 0 Å². The largest absolute Gasteiger partial charge is 0.378 e. The topological polar surface area (TPSA) is 9.23 Å². The molecule has 1 nitrogen and oxygen atoms in total. The summed E-state index contributed by atoms with van der Waals surface area (Å²) in [4.78, 5) is 0. The van der Waals surface area contributed by atoms with Crippen molar-refractivity contribution >= 4 is 0 Å². The lowest BCUT2D eigenvalue weighted by Gasteiger charge is -2.20. The van der Waals surface area contributed by atoms with Gasteiger partial charge >= 0.3 is 0 Å². The molecule has 12 heavy (non-hydrogen) atoms. The molecule has 1 fully saturated rings. The van der Waals surface area contributed by atoms with Gasteiger partial charge in [-0.05, 0) is 25.2 Å². The highest BCUT2D eigenvalue weighted by molar-refractivity contribution is 4.73. The number of unbranched alkanes of at least 4 members (excludes halogenated alkanes) is 1. The Morgan fingerprint density at radius 1 is 1.42 bits per heavy atom. The Bertz CT molecular complexity index is 106. The molecule has 0 aromatic carbocycles. The molecule has 0 aromatic heterocycles. The summed E-state index contributed by atoms with van der Waals surface area (Å²) >= 11 is 0. The quantitative estimate of drug-likeness (QED) is 0.614. The lowest BCUT2D eigenvalue weighted by molar-refractivity contribution is 0.0570. The van der Waals surface area contributed by atoms with Crippen molar-refractivity contribution in [3.05, 3.63) is 0 Å². The van der Waals surface area contributed by atoms with Crippen molar-refractivity contribution in [3.63, 3.8) is 0 Å². The van der Waals surface area contributed by atoms with Crippen molar-refractivity contribution < 1.29 is 4.74 Å². The Balaban J connectivity index is 2.22. The predicted molar refractivity (Wildman–Crippen MR) is 52.3 cm³/mol. The molecule has 0 spiro atoms. The Morgan fingerprint density at radius 2 is 2.25 bits per heavy atom. The highest BCUT2D eigenvalue weighted by atomic mass is 16.5. The van der Waals surface area contributed by atoms with Gasteiger partial charge in [-0.15, -0.1) is 0 Å². The maximum atomic E-state index is 5.70. The van der Waals surface area contributed by atoms with Gasteiger partial charge in [0.15, 0.2) is 0 Å². The zero-order chi connectivity index (χ0) is 8.81. The SMILES string of the molecule is CCCCC(CC)C1CCCO1. The van der Waals surface area contributed by atoms with Crippen LogP contribution in [0.25, 0.3) is 0 Å². The van der Waals surface area contributed by atoms with Crippen LogP contribution in [0.4, 0.5) is 0 Å². The molecule has 0 radical (unpaired) electrons. The second-order valence-electron chi connectivity index (χ2n) is 3.86. The summed E-state index contributed by atoms with van der Waals surface area (Å²) in [6, 6.07) is 0. The van der Waals surface area contributed by atoms with E-state index in [2.05, 4.69) is 13.8 Å². The zero-order valence-corrected chi connectivity index (χ0v) is 8.51. The monoisotopic (exact) mass is 170 g/mol. The van der Waals surface area contributed by atoms with Gasteiger partial charge in [0.2, 0.25) is 0 Å². The first-order valence-electron chi connectivity index (χ1n) is 5.50. The summed E-state index contributed by atoms with van der Waals surface area (Å²) < 4.78 is 5.70. The molecule has 0 aromatic rings. The molecule has 0 amide bonds. The molecule has 2 atom stereocenters. The third-order valence-corrected chi connectivity index (χ3v) is 2.94. The fourth-order valence-corrected chi connectivity index (χ4v) is 2.09. The van der Waals surface area contributed by atoms with Crippen molar-refractivity contribution in [1.82, 2.24) is 0 Å². The van der Waals surface area contributed by atoms with E-state index in [1.165, 1.54) is 38.5 Å². The predicted octanol–water partition coefficient (Wildman–Crippen LogP) is 3.38. The first-order valence-corrected chi connectivity index (χ1v) is 5.50. The molecular formula is C11H22O. The Hall–Kier alpha value is -0.0400. The van der Waals surface area contributed by atoms with Crippen LogP contribution in [0.5, 0.6) is 0 Å². The van der Waals surface area contributed by atoms with E-state index in [1.807, 2.05) is 0 Å². The maximum Gasteiger partial charge on any atom is 0.0604 e. The molecule has 1 saturated heterocycles. The molecule has 0 bridgehead atoms. The summed E-state index contributed by atoms with van der Waals surface area (Å²) in [5, 5.41) is 0. The summed E-state index contributed by atoms with van der Waals surface area (Å²) in [6.45, 7) is 5.57.